The topological polar surface area (TPSA) is 31.0 Å². The molecule has 0 bridgehead atoms. The zero-order valence-corrected chi connectivity index (χ0v) is 24.4. The van der Waals surface area contributed by atoms with Gasteiger partial charge in [-0.25, -0.2) is 4.98 Å². The van der Waals surface area contributed by atoms with Crippen LogP contribution < -0.4 is 0 Å². The second kappa shape index (κ2) is 9.85. The SMILES string of the molecule is Cc1cc(C)c(-c2cc(-c3cccc4c3oc3ccccc34)ccc2-c2nc3ccccc3n2-c2ccccc2)c(C)c1. The van der Waals surface area contributed by atoms with Crippen LogP contribution in [-0.2, 0) is 0 Å². The van der Waals surface area contributed by atoms with Gasteiger partial charge in [0.1, 0.15) is 17.0 Å². The van der Waals surface area contributed by atoms with E-state index in [0.717, 1.165) is 66.7 Å². The van der Waals surface area contributed by atoms with Crippen LogP contribution in [0.1, 0.15) is 16.7 Å². The molecule has 2 heterocycles. The van der Waals surface area contributed by atoms with Crippen molar-refractivity contribution >= 4 is 33.0 Å². The minimum absolute atomic E-state index is 0.906. The Bertz CT molecular complexity index is 2300. The molecule has 0 amide bonds. The number of furan rings is 1. The lowest BCUT2D eigenvalue weighted by atomic mass is 9.88. The number of rotatable bonds is 4. The molecule has 43 heavy (non-hydrogen) atoms. The Labute approximate surface area is 250 Å². The Balaban J connectivity index is 1.44. The number of aryl methyl sites for hydroxylation is 3. The third-order valence-corrected chi connectivity index (χ3v) is 8.50. The van der Waals surface area contributed by atoms with Gasteiger partial charge >= 0.3 is 0 Å². The van der Waals surface area contributed by atoms with Crippen molar-refractivity contribution in [2.75, 3.05) is 0 Å². The zero-order valence-electron chi connectivity index (χ0n) is 24.4. The number of fused-ring (bicyclic) bond motifs is 4. The molecule has 3 heteroatoms. The van der Waals surface area contributed by atoms with E-state index in [-0.39, 0.29) is 0 Å². The van der Waals surface area contributed by atoms with Crippen molar-refractivity contribution in [3.63, 3.8) is 0 Å². The maximum atomic E-state index is 6.46. The van der Waals surface area contributed by atoms with Crippen molar-refractivity contribution in [2.45, 2.75) is 20.8 Å². The molecular weight excluding hydrogens is 524 g/mol. The second-order valence-corrected chi connectivity index (χ2v) is 11.4. The van der Waals surface area contributed by atoms with Gasteiger partial charge in [-0.2, -0.15) is 0 Å². The molecule has 0 aliphatic heterocycles. The lowest BCUT2D eigenvalue weighted by Gasteiger charge is -2.18. The summed E-state index contributed by atoms with van der Waals surface area (Å²) in [4.78, 5) is 5.25. The van der Waals surface area contributed by atoms with E-state index >= 15 is 0 Å². The first-order valence-corrected chi connectivity index (χ1v) is 14.7. The van der Waals surface area contributed by atoms with Crippen LogP contribution in [0.25, 0.3) is 72.3 Å². The summed E-state index contributed by atoms with van der Waals surface area (Å²) in [5.41, 5.74) is 14.4. The van der Waals surface area contributed by atoms with Crippen LogP contribution in [0, 0.1) is 20.8 Å². The van der Waals surface area contributed by atoms with Gasteiger partial charge < -0.3 is 4.42 Å². The fraction of sp³-hybridized carbons (Fsp3) is 0.0750. The molecule has 0 saturated carbocycles. The van der Waals surface area contributed by atoms with Crippen molar-refractivity contribution in [1.29, 1.82) is 0 Å². The van der Waals surface area contributed by atoms with E-state index in [9.17, 15) is 0 Å². The van der Waals surface area contributed by atoms with E-state index in [4.69, 9.17) is 9.40 Å². The summed E-state index contributed by atoms with van der Waals surface area (Å²) in [6, 6.07) is 45.0. The van der Waals surface area contributed by atoms with E-state index < -0.39 is 0 Å². The molecule has 0 aliphatic rings. The van der Waals surface area contributed by atoms with Crippen LogP contribution in [0.5, 0.6) is 0 Å². The first-order valence-electron chi connectivity index (χ1n) is 14.7. The van der Waals surface area contributed by atoms with Crippen molar-refractivity contribution in [1.82, 2.24) is 9.55 Å². The Hall–Kier alpha value is -5.41. The molecule has 206 valence electrons. The number of aromatic nitrogens is 2. The molecule has 0 radical (unpaired) electrons. The van der Waals surface area contributed by atoms with Gasteiger partial charge in [0.25, 0.3) is 0 Å². The number of hydrogen-bond donors (Lipinski definition) is 0. The smallest absolute Gasteiger partial charge is 0.146 e. The Kier molecular flexibility index (Phi) is 5.80. The van der Waals surface area contributed by atoms with E-state index in [1.807, 2.05) is 12.1 Å². The van der Waals surface area contributed by atoms with Gasteiger partial charge in [-0.3, -0.25) is 4.57 Å². The predicted octanol–water partition coefficient (Wildman–Crippen LogP) is 10.9. The fourth-order valence-corrected chi connectivity index (χ4v) is 6.74. The fourth-order valence-electron chi connectivity index (χ4n) is 6.74. The number of nitrogens with zero attached hydrogens (tertiary/aromatic N) is 2. The number of benzene rings is 6. The molecule has 0 atom stereocenters. The van der Waals surface area contributed by atoms with Crippen molar-refractivity contribution < 1.29 is 4.42 Å². The summed E-state index contributed by atoms with van der Waals surface area (Å²) < 4.78 is 8.75. The zero-order chi connectivity index (χ0) is 29.1. The summed E-state index contributed by atoms with van der Waals surface area (Å²) in [7, 11) is 0. The van der Waals surface area contributed by atoms with Crippen LogP contribution in [0.15, 0.2) is 132 Å². The molecule has 2 aromatic heterocycles. The quantitative estimate of drug-likeness (QED) is 0.217. The summed E-state index contributed by atoms with van der Waals surface area (Å²) >= 11 is 0. The highest BCUT2D eigenvalue weighted by atomic mass is 16.3. The third-order valence-electron chi connectivity index (χ3n) is 8.50. The van der Waals surface area contributed by atoms with E-state index in [0.29, 0.717) is 0 Å². The lowest BCUT2D eigenvalue weighted by Crippen LogP contribution is -2.00. The molecule has 0 aliphatic carbocycles. The monoisotopic (exact) mass is 554 g/mol. The van der Waals surface area contributed by atoms with Crippen LogP contribution in [0.3, 0.4) is 0 Å². The van der Waals surface area contributed by atoms with Crippen LogP contribution >= 0.6 is 0 Å². The van der Waals surface area contributed by atoms with Gasteiger partial charge in [-0.1, -0.05) is 90.5 Å². The lowest BCUT2D eigenvalue weighted by molar-refractivity contribution is 0.670. The Morgan fingerprint density at radius 1 is 0.581 bits per heavy atom. The summed E-state index contributed by atoms with van der Waals surface area (Å²) in [6.07, 6.45) is 0. The summed E-state index contributed by atoms with van der Waals surface area (Å²) in [6.45, 7) is 6.59. The van der Waals surface area contributed by atoms with Crippen LogP contribution in [0.2, 0.25) is 0 Å². The minimum atomic E-state index is 0.906. The summed E-state index contributed by atoms with van der Waals surface area (Å²) in [5.74, 6) is 0.926. The maximum absolute atomic E-state index is 6.46. The molecule has 8 aromatic rings. The third kappa shape index (κ3) is 4.08. The van der Waals surface area contributed by atoms with Crippen molar-refractivity contribution in [3.8, 4) is 39.3 Å². The normalized spacial score (nSPS) is 11.6. The number of hydrogen-bond acceptors (Lipinski definition) is 2. The second-order valence-electron chi connectivity index (χ2n) is 11.4. The number of para-hydroxylation sites is 5. The minimum Gasteiger partial charge on any atom is -0.455 e. The average molecular weight is 555 g/mol. The predicted molar refractivity (Wildman–Crippen MR) is 179 cm³/mol. The average Bonchev–Trinajstić information content (AvgIpc) is 3.60. The van der Waals surface area contributed by atoms with Gasteiger partial charge in [0, 0.05) is 27.6 Å². The highest BCUT2D eigenvalue weighted by molar-refractivity contribution is 6.10. The molecule has 0 saturated heterocycles. The van der Waals surface area contributed by atoms with Gasteiger partial charge in [0.2, 0.25) is 0 Å². The molecule has 0 fully saturated rings. The standard InChI is InChI=1S/C40H30N2O/c1-25-22-26(2)38(27(3)23-25)34-24-28(30-15-11-16-32-31-14-7-10-19-37(31)43-39(30)32)20-21-33(34)40-41-35-17-8-9-18-36(35)42(40)29-12-5-4-6-13-29/h4-24H,1-3H3. The largest absolute Gasteiger partial charge is 0.455 e. The van der Waals surface area contributed by atoms with Crippen molar-refractivity contribution in [3.05, 3.63) is 144 Å². The van der Waals surface area contributed by atoms with Gasteiger partial charge in [0.15, 0.2) is 0 Å². The van der Waals surface area contributed by atoms with E-state index in [1.165, 1.54) is 22.3 Å². The molecule has 8 rings (SSSR count). The Morgan fingerprint density at radius 2 is 1.30 bits per heavy atom. The van der Waals surface area contributed by atoms with Crippen LogP contribution in [-0.4, -0.2) is 9.55 Å². The molecule has 0 spiro atoms. The first-order chi connectivity index (χ1) is 21.1. The molecule has 0 unspecified atom stereocenters. The van der Waals surface area contributed by atoms with E-state index in [2.05, 4.69) is 141 Å². The highest BCUT2D eigenvalue weighted by Crippen LogP contribution is 2.42. The van der Waals surface area contributed by atoms with E-state index in [1.54, 1.807) is 0 Å². The van der Waals surface area contributed by atoms with Gasteiger partial charge in [-0.05, 0) is 91.1 Å². The first kappa shape index (κ1) is 25.3. The summed E-state index contributed by atoms with van der Waals surface area (Å²) in [5, 5.41) is 2.27. The van der Waals surface area contributed by atoms with Crippen molar-refractivity contribution in [2.24, 2.45) is 0 Å². The molecule has 6 aromatic carbocycles. The highest BCUT2D eigenvalue weighted by Gasteiger charge is 2.21. The number of imidazole rings is 1. The molecule has 0 N–H and O–H groups in total. The van der Waals surface area contributed by atoms with Gasteiger partial charge in [-0.15, -0.1) is 0 Å². The Morgan fingerprint density at radius 3 is 2.14 bits per heavy atom. The molecular formula is C40H30N2O. The molecule has 3 nitrogen and oxygen atoms in total. The van der Waals surface area contributed by atoms with Crippen LogP contribution in [0.4, 0.5) is 0 Å². The van der Waals surface area contributed by atoms with Gasteiger partial charge in [0.05, 0.1) is 11.0 Å². The maximum Gasteiger partial charge on any atom is 0.146 e.